The second-order valence-corrected chi connectivity index (χ2v) is 6.83. The highest BCUT2D eigenvalue weighted by molar-refractivity contribution is 5.78. The molecule has 0 N–H and O–H groups in total. The van der Waals surface area contributed by atoms with E-state index in [-0.39, 0.29) is 5.82 Å². The Morgan fingerprint density at radius 3 is 1.68 bits per heavy atom. The van der Waals surface area contributed by atoms with Crippen LogP contribution in [0.25, 0.3) is 39.7 Å². The highest BCUT2D eigenvalue weighted by Crippen LogP contribution is 2.27. The first-order chi connectivity index (χ1) is 15.2. The van der Waals surface area contributed by atoms with Crippen LogP contribution in [0.3, 0.4) is 0 Å². The lowest BCUT2D eigenvalue weighted by molar-refractivity contribution is 0.627. The lowest BCUT2D eigenvalue weighted by Gasteiger charge is -2.10. The van der Waals surface area contributed by atoms with E-state index in [9.17, 15) is 4.39 Å². The molecule has 0 aliphatic heterocycles. The van der Waals surface area contributed by atoms with E-state index in [1.165, 1.54) is 12.1 Å². The Hall–Kier alpha value is -4.18. The number of aromatic nitrogens is 3. The molecule has 3 aromatic carbocycles. The molecule has 0 amide bonds. The molecule has 0 radical (unpaired) electrons. The molecule has 0 aliphatic carbocycles. The maximum Gasteiger partial charge on any atom is 0.164 e. The van der Waals surface area contributed by atoms with Crippen molar-refractivity contribution in [2.75, 3.05) is 0 Å². The summed E-state index contributed by atoms with van der Waals surface area (Å²) in [4.78, 5) is 14.0. The Morgan fingerprint density at radius 2 is 1.19 bits per heavy atom. The average molecular weight is 405 g/mol. The predicted octanol–water partition coefficient (Wildman–Crippen LogP) is 6.77. The van der Waals surface area contributed by atoms with E-state index in [1.54, 1.807) is 18.2 Å². The fraction of sp³-hybridized carbons (Fsp3) is 0. The summed E-state index contributed by atoms with van der Waals surface area (Å²) in [6, 6.07) is 24.1. The monoisotopic (exact) mass is 405 g/mol. The first kappa shape index (κ1) is 20.1. The van der Waals surface area contributed by atoms with E-state index in [2.05, 4.69) is 28.1 Å². The Bertz CT molecular complexity index is 1200. The van der Waals surface area contributed by atoms with Gasteiger partial charge in [0, 0.05) is 16.7 Å². The third kappa shape index (κ3) is 4.54. The van der Waals surface area contributed by atoms with Crippen molar-refractivity contribution in [1.82, 2.24) is 15.0 Å². The summed E-state index contributed by atoms with van der Waals surface area (Å²) < 4.78 is 14.5. The normalized spacial score (nSPS) is 11.2. The van der Waals surface area contributed by atoms with Gasteiger partial charge in [-0.15, -0.1) is 0 Å². The topological polar surface area (TPSA) is 38.7 Å². The predicted molar refractivity (Wildman–Crippen MR) is 124 cm³/mol. The molecule has 0 aliphatic rings. The van der Waals surface area contributed by atoms with Gasteiger partial charge in [0.05, 0.1) is 0 Å². The second kappa shape index (κ2) is 9.09. The van der Waals surface area contributed by atoms with Crippen molar-refractivity contribution in [3.05, 3.63) is 122 Å². The van der Waals surface area contributed by atoms with Gasteiger partial charge in [0.1, 0.15) is 5.82 Å². The highest BCUT2D eigenvalue weighted by atomic mass is 19.1. The van der Waals surface area contributed by atoms with Gasteiger partial charge in [-0.1, -0.05) is 92.0 Å². The zero-order valence-corrected chi connectivity index (χ0v) is 16.9. The number of hydrogen-bond acceptors (Lipinski definition) is 3. The third-order valence-corrected chi connectivity index (χ3v) is 4.71. The SMILES string of the molecule is C=C/C=C(\C=C)c1cc(F)cc(-c2nc(-c3ccccc3)nc(-c3ccccc3)n2)c1. The number of rotatable bonds is 6. The fourth-order valence-corrected chi connectivity index (χ4v) is 3.23. The summed E-state index contributed by atoms with van der Waals surface area (Å²) >= 11 is 0. The molecule has 0 unspecified atom stereocenters. The molecule has 3 nitrogen and oxygen atoms in total. The minimum absolute atomic E-state index is 0.382. The van der Waals surface area contributed by atoms with Crippen LogP contribution in [0.1, 0.15) is 5.56 Å². The lowest BCUT2D eigenvalue weighted by Crippen LogP contribution is -2.00. The van der Waals surface area contributed by atoms with Crippen molar-refractivity contribution < 1.29 is 4.39 Å². The molecule has 31 heavy (non-hydrogen) atoms. The molecule has 1 aromatic heterocycles. The number of benzene rings is 3. The minimum Gasteiger partial charge on any atom is -0.208 e. The van der Waals surface area contributed by atoms with Crippen molar-refractivity contribution in [3.63, 3.8) is 0 Å². The van der Waals surface area contributed by atoms with E-state index in [0.29, 0.717) is 28.6 Å². The summed E-state index contributed by atoms with van der Waals surface area (Å²) in [6.45, 7) is 7.53. The van der Waals surface area contributed by atoms with Crippen LogP contribution in [0.4, 0.5) is 4.39 Å². The van der Waals surface area contributed by atoms with Gasteiger partial charge in [-0.2, -0.15) is 0 Å². The van der Waals surface area contributed by atoms with E-state index in [0.717, 1.165) is 16.7 Å². The summed E-state index contributed by atoms with van der Waals surface area (Å²) in [5.41, 5.74) is 3.71. The maximum absolute atomic E-state index is 14.5. The molecule has 0 spiro atoms. The zero-order valence-electron chi connectivity index (χ0n) is 16.9. The van der Waals surface area contributed by atoms with Crippen LogP contribution in [0.15, 0.2) is 110 Å². The van der Waals surface area contributed by atoms with Crippen molar-refractivity contribution in [1.29, 1.82) is 0 Å². The van der Waals surface area contributed by atoms with Crippen molar-refractivity contribution in [3.8, 4) is 34.2 Å². The molecule has 4 heteroatoms. The summed E-state index contributed by atoms with van der Waals surface area (Å²) in [5, 5.41) is 0. The zero-order chi connectivity index (χ0) is 21.6. The first-order valence-electron chi connectivity index (χ1n) is 9.81. The van der Waals surface area contributed by atoms with Gasteiger partial charge >= 0.3 is 0 Å². The Balaban J connectivity index is 1.92. The molecule has 1 heterocycles. The van der Waals surface area contributed by atoms with Gasteiger partial charge in [-0.05, 0) is 29.3 Å². The largest absolute Gasteiger partial charge is 0.208 e. The number of allylic oxidation sites excluding steroid dienone is 4. The van der Waals surface area contributed by atoms with Crippen LogP contribution in [-0.2, 0) is 0 Å². The van der Waals surface area contributed by atoms with Crippen LogP contribution in [0, 0.1) is 5.82 Å². The summed E-state index contributed by atoms with van der Waals surface area (Å²) in [6.07, 6.45) is 5.09. The van der Waals surface area contributed by atoms with Crippen LogP contribution in [0.5, 0.6) is 0 Å². The smallest absolute Gasteiger partial charge is 0.164 e. The summed E-state index contributed by atoms with van der Waals surface area (Å²) in [7, 11) is 0. The van der Waals surface area contributed by atoms with Crippen LogP contribution in [0.2, 0.25) is 0 Å². The minimum atomic E-state index is -0.382. The molecule has 4 rings (SSSR count). The molecular formula is C27H20FN3. The van der Waals surface area contributed by atoms with Crippen LogP contribution < -0.4 is 0 Å². The summed E-state index contributed by atoms with van der Waals surface area (Å²) in [5.74, 6) is 1.07. The second-order valence-electron chi connectivity index (χ2n) is 6.83. The Labute approximate surface area is 181 Å². The van der Waals surface area contributed by atoms with E-state index in [4.69, 9.17) is 0 Å². The fourth-order valence-electron chi connectivity index (χ4n) is 3.23. The first-order valence-corrected chi connectivity index (χ1v) is 9.81. The number of hydrogen-bond donors (Lipinski definition) is 0. The average Bonchev–Trinajstić information content (AvgIpc) is 2.83. The molecule has 4 aromatic rings. The highest BCUT2D eigenvalue weighted by Gasteiger charge is 2.14. The van der Waals surface area contributed by atoms with E-state index < -0.39 is 0 Å². The standard InChI is InChI=1S/C27H20FN3/c1-3-11-19(4-2)22-16-23(18-24(28)17-22)27-30-25(20-12-7-5-8-13-20)29-26(31-27)21-14-9-6-10-15-21/h3-18H,1-2H2/b19-11+. The molecule has 0 fully saturated rings. The molecule has 0 bridgehead atoms. The van der Waals surface area contributed by atoms with Gasteiger partial charge in [0.2, 0.25) is 0 Å². The quantitative estimate of drug-likeness (QED) is 0.332. The van der Waals surface area contributed by atoms with Gasteiger partial charge in [-0.3, -0.25) is 0 Å². The molecule has 0 saturated carbocycles. The van der Waals surface area contributed by atoms with Gasteiger partial charge < -0.3 is 0 Å². The molecule has 0 atom stereocenters. The molecule has 0 saturated heterocycles. The van der Waals surface area contributed by atoms with Crippen molar-refractivity contribution in [2.24, 2.45) is 0 Å². The Kier molecular flexibility index (Phi) is 5.90. The maximum atomic E-state index is 14.5. The van der Waals surface area contributed by atoms with Crippen molar-refractivity contribution >= 4 is 5.57 Å². The van der Waals surface area contributed by atoms with E-state index >= 15 is 0 Å². The Morgan fingerprint density at radius 1 is 0.677 bits per heavy atom. The number of halogens is 1. The van der Waals surface area contributed by atoms with Crippen LogP contribution >= 0.6 is 0 Å². The number of nitrogens with zero attached hydrogens (tertiary/aromatic N) is 3. The molecule has 150 valence electrons. The molecular weight excluding hydrogens is 385 g/mol. The van der Waals surface area contributed by atoms with Gasteiger partial charge in [-0.25, -0.2) is 19.3 Å². The third-order valence-electron chi connectivity index (χ3n) is 4.71. The lowest BCUT2D eigenvalue weighted by atomic mass is 10.0. The van der Waals surface area contributed by atoms with Crippen molar-refractivity contribution in [2.45, 2.75) is 0 Å². The van der Waals surface area contributed by atoms with E-state index in [1.807, 2.05) is 66.7 Å². The van der Waals surface area contributed by atoms with Gasteiger partial charge in [0.15, 0.2) is 17.5 Å². The van der Waals surface area contributed by atoms with Crippen LogP contribution in [-0.4, -0.2) is 15.0 Å². The van der Waals surface area contributed by atoms with Gasteiger partial charge in [0.25, 0.3) is 0 Å².